The summed E-state index contributed by atoms with van der Waals surface area (Å²) in [6, 6.07) is 24.9. The zero-order chi connectivity index (χ0) is 30.0. The van der Waals surface area contributed by atoms with Gasteiger partial charge in [-0.15, -0.1) is 0 Å². The number of sulfonamides is 1. The first-order valence-electron chi connectivity index (χ1n) is 14.6. The van der Waals surface area contributed by atoms with Crippen molar-refractivity contribution in [1.29, 1.82) is 0 Å². The molecular weight excluding hydrogens is 550 g/mol. The summed E-state index contributed by atoms with van der Waals surface area (Å²) < 4.78 is 32.6. The Morgan fingerprint density at radius 3 is 2.24 bits per heavy atom. The Balaban J connectivity index is 1.55. The number of rotatable bonds is 14. The highest BCUT2D eigenvalue weighted by Gasteiger charge is 2.32. The van der Waals surface area contributed by atoms with Crippen LogP contribution >= 0.6 is 0 Å². The second-order valence-electron chi connectivity index (χ2n) is 10.8. The van der Waals surface area contributed by atoms with E-state index in [1.807, 2.05) is 54.6 Å². The summed E-state index contributed by atoms with van der Waals surface area (Å²) in [7, 11) is -0.552. The first kappa shape index (κ1) is 31.3. The molecule has 8 nitrogen and oxygen atoms in total. The fourth-order valence-electron chi connectivity index (χ4n) is 5.38. The minimum Gasteiger partial charge on any atom is -0.497 e. The Hall–Kier alpha value is -3.69. The van der Waals surface area contributed by atoms with E-state index in [-0.39, 0.29) is 42.3 Å². The van der Waals surface area contributed by atoms with Crippen molar-refractivity contribution in [2.75, 3.05) is 20.7 Å². The second-order valence-corrected chi connectivity index (χ2v) is 12.9. The van der Waals surface area contributed by atoms with E-state index in [0.717, 1.165) is 36.8 Å². The standard InChI is InChI=1S/C33H41N3O5S/c1-35(42(39,40)30-19-7-4-8-20-30)22-12-21-32(37)36(25-27-15-11-18-29(23-27)41-2)31(24-26-13-5-3-6-14-26)33(38)34-28-16-9-10-17-28/h3-8,11,13-15,18-20,23,28,31H,9-10,12,16-17,21-22,24-25H2,1-2H3,(H,34,38)/t31-/m0/s1. The number of carbonyl (C=O) groups excluding carboxylic acids is 2. The Labute approximate surface area is 249 Å². The largest absolute Gasteiger partial charge is 0.497 e. The average molecular weight is 592 g/mol. The van der Waals surface area contributed by atoms with Gasteiger partial charge in [-0.3, -0.25) is 9.59 Å². The number of hydrogen-bond acceptors (Lipinski definition) is 5. The lowest BCUT2D eigenvalue weighted by Gasteiger charge is -2.32. The predicted molar refractivity (Wildman–Crippen MR) is 163 cm³/mol. The lowest BCUT2D eigenvalue weighted by molar-refractivity contribution is -0.141. The van der Waals surface area contributed by atoms with Gasteiger partial charge >= 0.3 is 0 Å². The molecular formula is C33H41N3O5S. The van der Waals surface area contributed by atoms with Crippen molar-refractivity contribution in [1.82, 2.24) is 14.5 Å². The monoisotopic (exact) mass is 591 g/mol. The van der Waals surface area contributed by atoms with Gasteiger partial charge in [0.05, 0.1) is 12.0 Å². The summed E-state index contributed by atoms with van der Waals surface area (Å²) in [4.78, 5) is 29.6. The molecule has 3 aromatic rings. The van der Waals surface area contributed by atoms with Crippen LogP contribution in [0.3, 0.4) is 0 Å². The average Bonchev–Trinajstić information content (AvgIpc) is 3.52. The van der Waals surface area contributed by atoms with Crippen LogP contribution in [0.1, 0.15) is 49.7 Å². The molecule has 1 N–H and O–H groups in total. The summed E-state index contributed by atoms with van der Waals surface area (Å²) in [5.74, 6) is 0.305. The van der Waals surface area contributed by atoms with E-state index in [1.54, 1.807) is 42.3 Å². The Bertz CT molecular complexity index is 1410. The van der Waals surface area contributed by atoms with Crippen molar-refractivity contribution in [3.63, 3.8) is 0 Å². The molecule has 1 atom stereocenters. The van der Waals surface area contributed by atoms with Crippen molar-refractivity contribution < 1.29 is 22.7 Å². The van der Waals surface area contributed by atoms with E-state index in [1.165, 1.54) is 11.4 Å². The topological polar surface area (TPSA) is 96.0 Å². The fraction of sp³-hybridized carbons (Fsp3) is 0.394. The quantitative estimate of drug-likeness (QED) is 0.291. The van der Waals surface area contributed by atoms with Crippen LogP contribution in [0.5, 0.6) is 5.75 Å². The van der Waals surface area contributed by atoms with Crippen molar-refractivity contribution in [2.24, 2.45) is 0 Å². The van der Waals surface area contributed by atoms with E-state index in [9.17, 15) is 18.0 Å². The highest BCUT2D eigenvalue weighted by molar-refractivity contribution is 7.89. The maximum absolute atomic E-state index is 13.9. The molecule has 0 unspecified atom stereocenters. The van der Waals surface area contributed by atoms with E-state index in [2.05, 4.69) is 5.32 Å². The minimum atomic E-state index is -3.67. The lowest BCUT2D eigenvalue weighted by atomic mass is 10.0. The number of nitrogens with zero attached hydrogens (tertiary/aromatic N) is 2. The minimum absolute atomic E-state index is 0.0978. The smallest absolute Gasteiger partial charge is 0.243 e. The van der Waals surface area contributed by atoms with Crippen LogP contribution in [0.15, 0.2) is 89.8 Å². The van der Waals surface area contributed by atoms with Crippen LogP contribution in [0.4, 0.5) is 0 Å². The van der Waals surface area contributed by atoms with Crippen LogP contribution in [0, 0.1) is 0 Å². The van der Waals surface area contributed by atoms with Gasteiger partial charge in [0.1, 0.15) is 11.8 Å². The number of methoxy groups -OCH3 is 1. The normalized spacial score (nSPS) is 14.5. The van der Waals surface area contributed by atoms with E-state index in [0.29, 0.717) is 18.6 Å². The predicted octanol–water partition coefficient (Wildman–Crippen LogP) is 4.79. The molecule has 1 aliphatic rings. The van der Waals surface area contributed by atoms with Crippen LogP contribution in [0.2, 0.25) is 0 Å². The third kappa shape index (κ3) is 8.42. The zero-order valence-corrected chi connectivity index (χ0v) is 25.3. The van der Waals surface area contributed by atoms with Gasteiger partial charge in [-0.2, -0.15) is 0 Å². The Kier molecular flexibility index (Phi) is 11.1. The van der Waals surface area contributed by atoms with E-state index in [4.69, 9.17) is 4.74 Å². The number of ether oxygens (including phenoxy) is 1. The third-order valence-corrected chi connectivity index (χ3v) is 9.65. The Morgan fingerprint density at radius 2 is 1.57 bits per heavy atom. The summed E-state index contributed by atoms with van der Waals surface area (Å²) in [6.45, 7) is 0.400. The molecule has 42 heavy (non-hydrogen) atoms. The molecule has 0 spiro atoms. The number of nitrogens with one attached hydrogen (secondary N) is 1. The highest BCUT2D eigenvalue weighted by Crippen LogP contribution is 2.22. The van der Waals surface area contributed by atoms with Crippen molar-refractivity contribution in [2.45, 2.75) is 68.5 Å². The maximum Gasteiger partial charge on any atom is 0.243 e. The molecule has 3 aromatic carbocycles. The van der Waals surface area contributed by atoms with E-state index < -0.39 is 16.1 Å². The SMILES string of the molecule is COc1cccc(CN(C(=O)CCCN(C)S(=O)(=O)c2ccccc2)[C@@H](Cc2ccccc2)C(=O)NC2CCCC2)c1. The highest BCUT2D eigenvalue weighted by atomic mass is 32.2. The molecule has 4 rings (SSSR count). The first-order valence-corrected chi connectivity index (χ1v) is 16.0. The van der Waals surface area contributed by atoms with Crippen LogP contribution in [0.25, 0.3) is 0 Å². The molecule has 0 heterocycles. The van der Waals surface area contributed by atoms with Crippen molar-refractivity contribution in [3.05, 3.63) is 96.1 Å². The second kappa shape index (κ2) is 15.0. The number of amides is 2. The first-order chi connectivity index (χ1) is 20.3. The van der Waals surface area contributed by atoms with Gasteiger partial charge in [0.2, 0.25) is 21.8 Å². The van der Waals surface area contributed by atoms with Gasteiger partial charge in [0, 0.05) is 39.0 Å². The maximum atomic E-state index is 13.9. The van der Waals surface area contributed by atoms with Gasteiger partial charge in [0.15, 0.2) is 0 Å². The van der Waals surface area contributed by atoms with Gasteiger partial charge < -0.3 is 15.0 Å². The van der Waals surface area contributed by atoms with Gasteiger partial charge in [-0.1, -0.05) is 73.5 Å². The van der Waals surface area contributed by atoms with E-state index >= 15 is 0 Å². The van der Waals surface area contributed by atoms with Gasteiger partial charge in [-0.05, 0) is 54.7 Å². The molecule has 0 aliphatic heterocycles. The summed E-state index contributed by atoms with van der Waals surface area (Å²) >= 11 is 0. The summed E-state index contributed by atoms with van der Waals surface area (Å²) in [5.41, 5.74) is 1.81. The molecule has 0 radical (unpaired) electrons. The molecule has 1 aliphatic carbocycles. The molecule has 0 bridgehead atoms. The van der Waals surface area contributed by atoms with Gasteiger partial charge in [0.25, 0.3) is 0 Å². The lowest BCUT2D eigenvalue weighted by Crippen LogP contribution is -2.52. The number of hydrogen-bond donors (Lipinski definition) is 1. The zero-order valence-electron chi connectivity index (χ0n) is 24.4. The Morgan fingerprint density at radius 1 is 0.929 bits per heavy atom. The molecule has 2 amide bonds. The number of carbonyl (C=O) groups is 2. The molecule has 0 aromatic heterocycles. The van der Waals surface area contributed by atoms with Crippen LogP contribution < -0.4 is 10.1 Å². The molecule has 1 saturated carbocycles. The van der Waals surface area contributed by atoms with Crippen LogP contribution in [-0.4, -0.2) is 62.2 Å². The fourth-order valence-corrected chi connectivity index (χ4v) is 6.61. The summed E-state index contributed by atoms with van der Waals surface area (Å²) in [6.07, 6.45) is 4.84. The van der Waals surface area contributed by atoms with Crippen molar-refractivity contribution in [3.8, 4) is 5.75 Å². The van der Waals surface area contributed by atoms with Gasteiger partial charge in [-0.25, -0.2) is 12.7 Å². The molecule has 1 fully saturated rings. The number of benzene rings is 3. The van der Waals surface area contributed by atoms with Crippen LogP contribution in [-0.2, 0) is 32.6 Å². The molecule has 224 valence electrons. The molecule has 9 heteroatoms. The third-order valence-electron chi connectivity index (χ3n) is 7.77. The summed E-state index contributed by atoms with van der Waals surface area (Å²) in [5, 5.41) is 3.21. The van der Waals surface area contributed by atoms with Crippen molar-refractivity contribution >= 4 is 21.8 Å². The molecule has 0 saturated heterocycles.